The van der Waals surface area contributed by atoms with Gasteiger partial charge in [-0.05, 0) is 30.9 Å². The fraction of sp³-hybridized carbons (Fsp3) is 0.467. The number of phenols is 2. The molecule has 1 amide bonds. The van der Waals surface area contributed by atoms with Crippen molar-refractivity contribution in [2.75, 3.05) is 0 Å². The zero-order chi connectivity index (χ0) is 14.5. The molecule has 5 nitrogen and oxygen atoms in total. The van der Waals surface area contributed by atoms with E-state index in [9.17, 15) is 20.3 Å². The van der Waals surface area contributed by atoms with E-state index in [1.54, 1.807) is 0 Å². The van der Waals surface area contributed by atoms with E-state index in [4.69, 9.17) is 0 Å². The molecule has 1 fully saturated rings. The lowest BCUT2D eigenvalue weighted by molar-refractivity contribution is 0.0925. The van der Waals surface area contributed by atoms with Crippen LogP contribution in [-0.2, 0) is 0 Å². The van der Waals surface area contributed by atoms with Gasteiger partial charge in [0.05, 0.1) is 11.6 Å². The van der Waals surface area contributed by atoms with Crippen LogP contribution in [0.1, 0.15) is 42.5 Å². The predicted octanol–water partition coefficient (Wildman–Crippen LogP) is 2.30. The van der Waals surface area contributed by atoms with Crippen molar-refractivity contribution in [1.29, 1.82) is 5.26 Å². The summed E-state index contributed by atoms with van der Waals surface area (Å²) in [6.07, 6.45) is 5.21. The van der Waals surface area contributed by atoms with E-state index in [1.165, 1.54) is 24.6 Å². The fourth-order valence-electron chi connectivity index (χ4n) is 2.66. The minimum Gasteiger partial charge on any atom is -0.504 e. The van der Waals surface area contributed by atoms with E-state index in [0.717, 1.165) is 25.7 Å². The third-order valence-corrected chi connectivity index (χ3v) is 3.81. The topological polar surface area (TPSA) is 93.4 Å². The molecule has 5 heteroatoms. The van der Waals surface area contributed by atoms with Crippen LogP contribution in [0.2, 0.25) is 0 Å². The molecule has 0 heterocycles. The molecule has 1 atom stereocenters. The van der Waals surface area contributed by atoms with Crippen LogP contribution in [0.25, 0.3) is 0 Å². The first-order valence-electron chi connectivity index (χ1n) is 6.85. The van der Waals surface area contributed by atoms with Crippen LogP contribution >= 0.6 is 0 Å². The molecule has 1 aromatic rings. The lowest BCUT2D eigenvalue weighted by Gasteiger charge is -2.26. The Labute approximate surface area is 117 Å². The van der Waals surface area contributed by atoms with Crippen LogP contribution in [0.3, 0.4) is 0 Å². The highest BCUT2D eigenvalue weighted by Gasteiger charge is 2.26. The second kappa shape index (κ2) is 6.29. The van der Waals surface area contributed by atoms with Crippen LogP contribution in [0.4, 0.5) is 0 Å². The second-order valence-electron chi connectivity index (χ2n) is 5.15. The molecule has 20 heavy (non-hydrogen) atoms. The van der Waals surface area contributed by atoms with Crippen molar-refractivity contribution in [1.82, 2.24) is 5.32 Å². The molecule has 3 N–H and O–H groups in total. The van der Waals surface area contributed by atoms with Gasteiger partial charge in [0.1, 0.15) is 6.04 Å². The number of hydrogen-bond donors (Lipinski definition) is 3. The third-order valence-electron chi connectivity index (χ3n) is 3.81. The zero-order valence-corrected chi connectivity index (χ0v) is 11.2. The van der Waals surface area contributed by atoms with Crippen molar-refractivity contribution < 1.29 is 15.0 Å². The van der Waals surface area contributed by atoms with Crippen LogP contribution in [0, 0.1) is 17.2 Å². The summed E-state index contributed by atoms with van der Waals surface area (Å²) < 4.78 is 0. The summed E-state index contributed by atoms with van der Waals surface area (Å²) in [5.74, 6) is -1.16. The van der Waals surface area contributed by atoms with Gasteiger partial charge in [-0.15, -0.1) is 0 Å². The summed E-state index contributed by atoms with van der Waals surface area (Å²) >= 11 is 0. The lowest BCUT2D eigenvalue weighted by Crippen LogP contribution is -2.40. The second-order valence-corrected chi connectivity index (χ2v) is 5.15. The van der Waals surface area contributed by atoms with Gasteiger partial charge in [0.15, 0.2) is 11.5 Å². The molecule has 1 aliphatic rings. The molecule has 2 rings (SSSR count). The van der Waals surface area contributed by atoms with E-state index >= 15 is 0 Å². The van der Waals surface area contributed by atoms with Gasteiger partial charge in [0, 0.05) is 0 Å². The summed E-state index contributed by atoms with van der Waals surface area (Å²) in [6, 6.07) is 5.77. The van der Waals surface area contributed by atoms with E-state index in [2.05, 4.69) is 11.4 Å². The van der Waals surface area contributed by atoms with E-state index in [-0.39, 0.29) is 17.2 Å². The molecule has 1 aromatic carbocycles. The van der Waals surface area contributed by atoms with Crippen molar-refractivity contribution in [2.45, 2.75) is 38.1 Å². The maximum absolute atomic E-state index is 12.1. The molecule has 0 bridgehead atoms. The minimum absolute atomic E-state index is 0.0129. The molecule has 1 aliphatic carbocycles. The molecule has 0 aliphatic heterocycles. The van der Waals surface area contributed by atoms with Crippen LogP contribution in [0.15, 0.2) is 18.2 Å². The summed E-state index contributed by atoms with van der Waals surface area (Å²) in [6.45, 7) is 0. The maximum atomic E-state index is 12.1. The molecule has 1 saturated carbocycles. The highest BCUT2D eigenvalue weighted by Crippen LogP contribution is 2.29. The Morgan fingerprint density at radius 2 is 2.00 bits per heavy atom. The SMILES string of the molecule is N#CC(NC(=O)c1cccc(O)c1O)C1CCCCC1. The smallest absolute Gasteiger partial charge is 0.256 e. The van der Waals surface area contributed by atoms with Crippen molar-refractivity contribution in [2.24, 2.45) is 5.92 Å². The normalized spacial score (nSPS) is 17.1. The van der Waals surface area contributed by atoms with E-state index in [1.807, 2.05) is 0 Å². The molecule has 1 unspecified atom stereocenters. The number of rotatable bonds is 3. The number of phenolic OH excluding ortho intramolecular Hbond substituents is 2. The Kier molecular flexibility index (Phi) is 4.46. The van der Waals surface area contributed by atoms with Gasteiger partial charge in [-0.25, -0.2) is 0 Å². The third kappa shape index (κ3) is 3.02. The summed E-state index contributed by atoms with van der Waals surface area (Å²) in [4.78, 5) is 12.1. The fourth-order valence-corrected chi connectivity index (χ4v) is 2.66. The monoisotopic (exact) mass is 274 g/mol. The number of carbonyl (C=O) groups is 1. The summed E-state index contributed by atoms with van der Waals surface area (Å²) in [7, 11) is 0. The van der Waals surface area contributed by atoms with Gasteiger partial charge in [-0.1, -0.05) is 25.3 Å². The van der Waals surface area contributed by atoms with E-state index in [0.29, 0.717) is 0 Å². The van der Waals surface area contributed by atoms with Gasteiger partial charge >= 0.3 is 0 Å². The highest BCUT2D eigenvalue weighted by atomic mass is 16.3. The van der Waals surface area contributed by atoms with Gasteiger partial charge in [-0.2, -0.15) is 5.26 Å². The van der Waals surface area contributed by atoms with Crippen molar-refractivity contribution in [3.8, 4) is 17.6 Å². The van der Waals surface area contributed by atoms with Crippen molar-refractivity contribution >= 4 is 5.91 Å². The Balaban J connectivity index is 2.09. The average Bonchev–Trinajstić information content (AvgIpc) is 2.48. The number of nitriles is 1. The Morgan fingerprint density at radius 1 is 1.30 bits per heavy atom. The van der Waals surface area contributed by atoms with Crippen molar-refractivity contribution in [3.63, 3.8) is 0 Å². The van der Waals surface area contributed by atoms with Gasteiger partial charge < -0.3 is 15.5 Å². The number of carbonyl (C=O) groups excluding carboxylic acids is 1. The molecule has 0 aromatic heterocycles. The predicted molar refractivity (Wildman–Crippen MR) is 73.2 cm³/mol. The van der Waals surface area contributed by atoms with Crippen LogP contribution in [-0.4, -0.2) is 22.2 Å². The number of nitrogens with zero attached hydrogens (tertiary/aromatic N) is 1. The Morgan fingerprint density at radius 3 is 2.65 bits per heavy atom. The quantitative estimate of drug-likeness (QED) is 0.737. The van der Waals surface area contributed by atoms with Crippen molar-refractivity contribution in [3.05, 3.63) is 23.8 Å². The maximum Gasteiger partial charge on any atom is 0.256 e. The number of nitrogens with one attached hydrogen (secondary N) is 1. The average molecular weight is 274 g/mol. The molecular weight excluding hydrogens is 256 g/mol. The standard InChI is InChI=1S/C15H18N2O3/c16-9-12(10-5-2-1-3-6-10)17-15(20)11-7-4-8-13(18)14(11)19/h4,7-8,10,12,18-19H,1-3,5-6H2,(H,17,20). The first-order chi connectivity index (χ1) is 9.63. The van der Waals surface area contributed by atoms with Gasteiger partial charge in [0.25, 0.3) is 5.91 Å². The van der Waals surface area contributed by atoms with Crippen LogP contribution in [0.5, 0.6) is 11.5 Å². The number of amides is 1. The molecule has 0 saturated heterocycles. The minimum atomic E-state index is -0.551. The Hall–Kier alpha value is -2.22. The number of benzene rings is 1. The molecule has 0 spiro atoms. The van der Waals surface area contributed by atoms with Crippen LogP contribution < -0.4 is 5.32 Å². The number of hydrogen-bond acceptors (Lipinski definition) is 4. The summed E-state index contributed by atoms with van der Waals surface area (Å²) in [5.41, 5.74) is -0.0129. The Bertz CT molecular complexity index is 530. The highest BCUT2D eigenvalue weighted by molar-refractivity contribution is 5.97. The number of para-hydroxylation sites is 1. The molecule has 0 radical (unpaired) electrons. The number of aromatic hydroxyl groups is 2. The van der Waals surface area contributed by atoms with Gasteiger partial charge in [-0.3, -0.25) is 4.79 Å². The van der Waals surface area contributed by atoms with Gasteiger partial charge in [0.2, 0.25) is 0 Å². The van der Waals surface area contributed by atoms with E-state index < -0.39 is 17.7 Å². The molecular formula is C15H18N2O3. The largest absolute Gasteiger partial charge is 0.504 e. The molecule has 106 valence electrons. The first kappa shape index (κ1) is 14.2. The zero-order valence-electron chi connectivity index (χ0n) is 11.2. The summed E-state index contributed by atoms with van der Waals surface area (Å²) in [5, 5.41) is 30.9. The lowest BCUT2D eigenvalue weighted by atomic mass is 9.84. The first-order valence-corrected chi connectivity index (χ1v) is 6.85.